The van der Waals surface area contributed by atoms with Crippen LogP contribution < -0.4 is 0 Å². The minimum absolute atomic E-state index is 0.0128. The summed E-state index contributed by atoms with van der Waals surface area (Å²) in [6, 6.07) is 3.36. The molecule has 0 aliphatic rings. The molecule has 0 saturated carbocycles. The van der Waals surface area contributed by atoms with E-state index in [-0.39, 0.29) is 11.1 Å². The highest BCUT2D eigenvalue weighted by Crippen LogP contribution is 2.25. The van der Waals surface area contributed by atoms with Crippen LogP contribution in [0.15, 0.2) is 12.1 Å². The van der Waals surface area contributed by atoms with Gasteiger partial charge in [0.25, 0.3) is 0 Å². The number of aryl methyl sites for hydroxylation is 1. The molecule has 0 aliphatic heterocycles. The molecule has 1 rings (SSSR count). The summed E-state index contributed by atoms with van der Waals surface area (Å²) < 4.78 is 0. The Bertz CT molecular complexity index is 751. The van der Waals surface area contributed by atoms with Gasteiger partial charge in [-0.3, -0.25) is 0 Å². The fourth-order valence-electron chi connectivity index (χ4n) is 5.12. The maximum absolute atomic E-state index is 12.1. The van der Waals surface area contributed by atoms with Gasteiger partial charge in [-0.25, -0.2) is 9.59 Å². The maximum atomic E-state index is 12.1. The van der Waals surface area contributed by atoms with E-state index in [0.717, 1.165) is 61.5 Å². The molecule has 0 amide bonds. The Labute approximate surface area is 221 Å². The Morgan fingerprint density at radius 1 is 0.583 bits per heavy atom. The topological polar surface area (TPSA) is 74.6 Å². The van der Waals surface area contributed by atoms with Crippen molar-refractivity contribution in [3.63, 3.8) is 0 Å². The van der Waals surface area contributed by atoms with Crippen LogP contribution >= 0.6 is 0 Å². The molecule has 2 N–H and O–H groups in total. The summed E-state index contributed by atoms with van der Waals surface area (Å²) in [5.74, 6) is -0.694. The second kappa shape index (κ2) is 19.3. The lowest BCUT2D eigenvalue weighted by Gasteiger charge is -2.15. The van der Waals surface area contributed by atoms with Crippen molar-refractivity contribution in [2.45, 2.75) is 143 Å². The SMILES string of the molecule is CC(C)CCCCCCCCCc1ccc(C(=O)O)c(C(=O)O)c1CCCCCCCCCC(C)C. The normalized spacial score (nSPS) is 11.5. The number of carboxylic acids is 2. The van der Waals surface area contributed by atoms with Gasteiger partial charge < -0.3 is 10.2 Å². The predicted molar refractivity (Wildman–Crippen MR) is 151 cm³/mol. The molecular formula is C32H54O4. The molecule has 1 aromatic rings. The Hall–Kier alpha value is -1.84. The number of carboxylic acid groups (broad SMARTS) is 2. The maximum Gasteiger partial charge on any atom is 0.336 e. The van der Waals surface area contributed by atoms with Crippen LogP contribution in [0.2, 0.25) is 0 Å². The molecule has 4 heteroatoms. The van der Waals surface area contributed by atoms with Crippen LogP contribution in [0, 0.1) is 11.8 Å². The molecule has 0 aliphatic carbocycles. The van der Waals surface area contributed by atoms with Crippen molar-refractivity contribution in [2.24, 2.45) is 11.8 Å². The molecule has 0 spiro atoms. The largest absolute Gasteiger partial charge is 0.478 e. The first-order valence-electron chi connectivity index (χ1n) is 14.8. The molecule has 36 heavy (non-hydrogen) atoms. The molecule has 0 radical (unpaired) electrons. The number of hydrogen-bond acceptors (Lipinski definition) is 2. The van der Waals surface area contributed by atoms with Crippen molar-refractivity contribution >= 4 is 11.9 Å². The van der Waals surface area contributed by atoms with Crippen molar-refractivity contribution in [2.75, 3.05) is 0 Å². The van der Waals surface area contributed by atoms with Gasteiger partial charge in [0, 0.05) is 0 Å². The van der Waals surface area contributed by atoms with Crippen molar-refractivity contribution in [1.29, 1.82) is 0 Å². The summed E-state index contributed by atoms with van der Waals surface area (Å²) in [7, 11) is 0. The van der Waals surface area contributed by atoms with E-state index >= 15 is 0 Å². The summed E-state index contributed by atoms with van der Waals surface area (Å²) >= 11 is 0. The zero-order valence-electron chi connectivity index (χ0n) is 23.7. The molecule has 206 valence electrons. The van der Waals surface area contributed by atoms with Gasteiger partial charge in [0.05, 0.1) is 11.1 Å². The predicted octanol–water partition coefficient (Wildman–Crippen LogP) is 9.72. The van der Waals surface area contributed by atoms with Gasteiger partial charge in [0.1, 0.15) is 0 Å². The number of benzene rings is 1. The highest BCUT2D eigenvalue weighted by Gasteiger charge is 2.22. The number of carbonyl (C=O) groups is 2. The van der Waals surface area contributed by atoms with Crippen LogP contribution in [0.25, 0.3) is 0 Å². The molecule has 0 saturated heterocycles. The highest BCUT2D eigenvalue weighted by molar-refractivity contribution is 6.03. The Kier molecular flexibility index (Phi) is 17.3. The first-order chi connectivity index (χ1) is 17.2. The first kappa shape index (κ1) is 32.2. The lowest BCUT2D eigenvalue weighted by atomic mass is 9.89. The highest BCUT2D eigenvalue weighted by atomic mass is 16.4. The number of rotatable bonds is 22. The minimum Gasteiger partial charge on any atom is -0.478 e. The van der Waals surface area contributed by atoms with Crippen LogP contribution in [-0.4, -0.2) is 22.2 Å². The summed E-state index contributed by atoms with van der Waals surface area (Å²) in [5, 5.41) is 19.4. The van der Waals surface area contributed by atoms with E-state index in [9.17, 15) is 19.8 Å². The molecular weight excluding hydrogens is 448 g/mol. The van der Waals surface area contributed by atoms with Crippen LogP contribution in [0.3, 0.4) is 0 Å². The summed E-state index contributed by atoms with van der Waals surface area (Å²) in [4.78, 5) is 23.8. The lowest BCUT2D eigenvalue weighted by molar-refractivity contribution is 0.0650. The standard InChI is InChI=1S/C32H54O4/c1-25(2)19-15-11-7-5-9-13-17-21-27-23-24-29(31(33)34)30(32(35)36)28(27)22-18-14-10-6-8-12-16-20-26(3)4/h23-26H,5-22H2,1-4H3,(H,33,34)(H,35,36). The second-order valence-corrected chi connectivity index (χ2v) is 11.6. The van der Waals surface area contributed by atoms with Crippen molar-refractivity contribution in [1.82, 2.24) is 0 Å². The van der Waals surface area contributed by atoms with Crippen molar-refractivity contribution < 1.29 is 19.8 Å². The molecule has 0 aromatic heterocycles. The zero-order chi connectivity index (χ0) is 26.8. The van der Waals surface area contributed by atoms with Gasteiger partial charge in [-0.1, -0.05) is 124 Å². The van der Waals surface area contributed by atoms with Crippen molar-refractivity contribution in [3.8, 4) is 0 Å². The van der Waals surface area contributed by atoms with E-state index in [0.29, 0.717) is 6.42 Å². The summed E-state index contributed by atoms with van der Waals surface area (Å²) in [5.41, 5.74) is 1.72. The number of aromatic carboxylic acids is 2. The van der Waals surface area contributed by atoms with E-state index in [2.05, 4.69) is 27.7 Å². The molecule has 0 atom stereocenters. The molecule has 0 fully saturated rings. The third-order valence-corrected chi connectivity index (χ3v) is 7.29. The smallest absolute Gasteiger partial charge is 0.336 e. The van der Waals surface area contributed by atoms with Crippen LogP contribution in [0.5, 0.6) is 0 Å². The summed E-state index contributed by atoms with van der Waals surface area (Å²) in [6.07, 6.45) is 20.9. The van der Waals surface area contributed by atoms with E-state index in [1.54, 1.807) is 0 Å². The fourth-order valence-corrected chi connectivity index (χ4v) is 5.12. The second-order valence-electron chi connectivity index (χ2n) is 11.6. The van der Waals surface area contributed by atoms with Gasteiger partial charge in [-0.05, 0) is 54.7 Å². The van der Waals surface area contributed by atoms with Crippen molar-refractivity contribution in [3.05, 3.63) is 34.4 Å². The van der Waals surface area contributed by atoms with Crippen LogP contribution in [-0.2, 0) is 12.8 Å². The monoisotopic (exact) mass is 502 g/mol. The van der Waals surface area contributed by atoms with E-state index in [1.165, 1.54) is 76.7 Å². The Morgan fingerprint density at radius 2 is 1.00 bits per heavy atom. The molecule has 0 unspecified atom stereocenters. The molecule has 4 nitrogen and oxygen atoms in total. The van der Waals surface area contributed by atoms with Crippen LogP contribution in [0.4, 0.5) is 0 Å². The Morgan fingerprint density at radius 3 is 1.42 bits per heavy atom. The third kappa shape index (κ3) is 14.0. The van der Waals surface area contributed by atoms with E-state index in [4.69, 9.17) is 0 Å². The molecule has 1 aromatic carbocycles. The van der Waals surface area contributed by atoms with Crippen LogP contribution in [0.1, 0.15) is 162 Å². The number of hydrogen-bond donors (Lipinski definition) is 2. The average Bonchev–Trinajstić information content (AvgIpc) is 2.81. The van der Waals surface area contributed by atoms with Gasteiger partial charge >= 0.3 is 11.9 Å². The molecule has 0 heterocycles. The number of unbranched alkanes of at least 4 members (excludes halogenated alkanes) is 12. The average molecular weight is 503 g/mol. The van der Waals surface area contributed by atoms with Gasteiger partial charge in [-0.2, -0.15) is 0 Å². The summed E-state index contributed by atoms with van der Waals surface area (Å²) in [6.45, 7) is 9.11. The van der Waals surface area contributed by atoms with E-state index < -0.39 is 11.9 Å². The lowest BCUT2D eigenvalue weighted by Crippen LogP contribution is -2.14. The minimum atomic E-state index is -1.15. The molecule has 0 bridgehead atoms. The fraction of sp³-hybridized carbons (Fsp3) is 0.750. The van der Waals surface area contributed by atoms with Gasteiger partial charge in [0.15, 0.2) is 0 Å². The Balaban J connectivity index is 2.56. The van der Waals surface area contributed by atoms with Gasteiger partial charge in [0.2, 0.25) is 0 Å². The quantitative estimate of drug-likeness (QED) is 0.155. The third-order valence-electron chi connectivity index (χ3n) is 7.29. The zero-order valence-corrected chi connectivity index (χ0v) is 23.7. The van der Waals surface area contributed by atoms with E-state index in [1.807, 2.05) is 6.07 Å². The first-order valence-corrected chi connectivity index (χ1v) is 14.8. The van der Waals surface area contributed by atoms with Gasteiger partial charge in [-0.15, -0.1) is 0 Å².